The first-order chi connectivity index (χ1) is 16.0. The lowest BCUT2D eigenvalue weighted by Gasteiger charge is -2.32. The number of piperidine rings is 1. The van der Waals surface area contributed by atoms with Crippen LogP contribution < -0.4 is 10.6 Å². The number of fused-ring (bicyclic) bond motifs is 1. The van der Waals surface area contributed by atoms with Crippen molar-refractivity contribution < 1.29 is 13.9 Å². The van der Waals surface area contributed by atoms with E-state index in [1.54, 1.807) is 18.5 Å². The minimum absolute atomic E-state index is 0.0770. The molecule has 1 aliphatic rings. The molecule has 3 heterocycles. The van der Waals surface area contributed by atoms with E-state index in [0.717, 1.165) is 18.9 Å². The molecule has 0 bridgehead atoms. The van der Waals surface area contributed by atoms with Gasteiger partial charge < -0.3 is 15.7 Å². The number of halogens is 2. The first-order valence-corrected chi connectivity index (χ1v) is 10.5. The second-order valence-corrected chi connectivity index (χ2v) is 8.05. The van der Waals surface area contributed by atoms with E-state index in [2.05, 4.69) is 9.88 Å². The summed E-state index contributed by atoms with van der Waals surface area (Å²) in [5.41, 5.74) is 8.36. The van der Waals surface area contributed by atoms with Crippen molar-refractivity contribution in [2.45, 2.75) is 18.9 Å². The van der Waals surface area contributed by atoms with Gasteiger partial charge in [0.25, 0.3) is 0 Å². The Morgan fingerprint density at radius 1 is 1.06 bits per heavy atom. The minimum atomic E-state index is -0.752. The van der Waals surface area contributed by atoms with Gasteiger partial charge in [-0.25, -0.2) is 18.7 Å². The molecule has 0 radical (unpaired) electrons. The topological polar surface area (TPSA) is 103 Å². The Kier molecular flexibility index (Phi) is 5.15. The summed E-state index contributed by atoms with van der Waals surface area (Å²) in [7, 11) is 0. The molecule has 2 aromatic heterocycles. The van der Waals surface area contributed by atoms with E-state index in [1.165, 1.54) is 24.3 Å². The molecule has 0 amide bonds. The van der Waals surface area contributed by atoms with E-state index in [1.807, 2.05) is 10.5 Å². The number of hydrogen-bond donors (Lipinski definition) is 2. The second-order valence-electron chi connectivity index (χ2n) is 8.05. The highest BCUT2D eigenvalue weighted by Crippen LogP contribution is 2.38. The van der Waals surface area contributed by atoms with Crippen molar-refractivity contribution in [3.05, 3.63) is 66.0 Å². The third-order valence-electron chi connectivity index (χ3n) is 5.95. The average Bonchev–Trinajstić information content (AvgIpc) is 3.30. The van der Waals surface area contributed by atoms with Crippen molar-refractivity contribution in [1.82, 2.24) is 14.4 Å². The zero-order valence-corrected chi connectivity index (χ0v) is 17.5. The number of benzene rings is 2. The summed E-state index contributed by atoms with van der Waals surface area (Å²) in [5, 5.41) is 19.1. The van der Waals surface area contributed by atoms with Crippen molar-refractivity contribution in [2.75, 3.05) is 18.0 Å². The molecule has 0 saturated carbocycles. The third-order valence-corrected chi connectivity index (χ3v) is 5.95. The Bertz CT molecular complexity index is 1400. The summed E-state index contributed by atoms with van der Waals surface area (Å²) in [6.07, 6.45) is 5.03. The minimum Gasteiger partial charge on any atom is -0.505 e. The number of anilines is 1. The van der Waals surface area contributed by atoms with Crippen LogP contribution in [0.5, 0.6) is 5.75 Å². The standard InChI is InChI=1S/C24H20F2N6O/c25-18-4-3-14(12-20(18)33)21-22(15-1-2-16(13-27)19(26)11-15)30-24(32-10-7-29-23(21)32)31-8-5-17(28)6-9-31/h1-4,7,10-12,17,33H,5-6,8-9,28H2. The summed E-state index contributed by atoms with van der Waals surface area (Å²) in [4.78, 5) is 11.5. The molecule has 1 fully saturated rings. The van der Waals surface area contributed by atoms with Crippen LogP contribution in [0.15, 0.2) is 48.8 Å². The van der Waals surface area contributed by atoms with E-state index >= 15 is 0 Å². The van der Waals surface area contributed by atoms with Crippen LogP contribution in [-0.4, -0.2) is 38.6 Å². The molecule has 9 heteroatoms. The second kappa shape index (κ2) is 8.15. The SMILES string of the molecule is N#Cc1ccc(-c2nc(N3CCC(N)CC3)n3ccnc3c2-c2ccc(F)c(O)c2)cc1F. The Hall–Kier alpha value is -4.03. The first kappa shape index (κ1) is 20.8. The molecule has 0 atom stereocenters. The number of hydrogen-bond acceptors (Lipinski definition) is 6. The Morgan fingerprint density at radius 2 is 1.82 bits per heavy atom. The fourth-order valence-corrected chi connectivity index (χ4v) is 4.18. The fraction of sp³-hybridized carbons (Fsp3) is 0.208. The quantitative estimate of drug-likeness (QED) is 0.496. The van der Waals surface area contributed by atoms with Gasteiger partial charge in [-0.1, -0.05) is 12.1 Å². The monoisotopic (exact) mass is 446 g/mol. The number of imidazole rings is 1. The number of nitrogens with two attached hydrogens (primary N) is 1. The lowest BCUT2D eigenvalue weighted by Crippen LogP contribution is -2.40. The highest BCUT2D eigenvalue weighted by molar-refractivity contribution is 5.91. The smallest absolute Gasteiger partial charge is 0.211 e. The van der Waals surface area contributed by atoms with E-state index in [-0.39, 0.29) is 11.6 Å². The van der Waals surface area contributed by atoms with Gasteiger partial charge in [-0.15, -0.1) is 0 Å². The van der Waals surface area contributed by atoms with Crippen LogP contribution in [0.3, 0.4) is 0 Å². The third kappa shape index (κ3) is 3.64. The van der Waals surface area contributed by atoms with E-state index in [4.69, 9.17) is 16.0 Å². The summed E-state index contributed by atoms with van der Waals surface area (Å²) in [5.74, 6) is -1.30. The molecule has 0 spiro atoms. The lowest BCUT2D eigenvalue weighted by molar-refractivity contribution is 0.433. The molecule has 4 aromatic rings. The van der Waals surface area contributed by atoms with Gasteiger partial charge in [0, 0.05) is 37.1 Å². The maximum absolute atomic E-state index is 14.6. The van der Waals surface area contributed by atoms with Crippen LogP contribution in [0.4, 0.5) is 14.7 Å². The number of phenolic OH excluding ortho intramolecular Hbond substituents is 1. The number of aromatic hydroxyl groups is 1. The normalized spacial score (nSPS) is 14.5. The highest BCUT2D eigenvalue weighted by Gasteiger charge is 2.25. The molecule has 33 heavy (non-hydrogen) atoms. The number of nitrogens with zero attached hydrogens (tertiary/aromatic N) is 5. The average molecular weight is 446 g/mol. The maximum Gasteiger partial charge on any atom is 0.211 e. The van der Waals surface area contributed by atoms with Crippen LogP contribution in [0, 0.1) is 23.0 Å². The number of phenols is 1. The highest BCUT2D eigenvalue weighted by atomic mass is 19.1. The number of rotatable bonds is 3. The van der Waals surface area contributed by atoms with E-state index in [0.29, 0.717) is 47.1 Å². The Balaban J connectivity index is 1.79. The van der Waals surface area contributed by atoms with Gasteiger partial charge in [0.2, 0.25) is 5.95 Å². The molecule has 0 aliphatic carbocycles. The zero-order valence-electron chi connectivity index (χ0n) is 17.5. The van der Waals surface area contributed by atoms with Crippen LogP contribution in [-0.2, 0) is 0 Å². The van der Waals surface area contributed by atoms with Gasteiger partial charge >= 0.3 is 0 Å². The van der Waals surface area contributed by atoms with Crippen LogP contribution >= 0.6 is 0 Å². The Morgan fingerprint density at radius 3 is 2.52 bits per heavy atom. The predicted octanol–water partition coefficient (Wildman–Crippen LogP) is 3.85. The van der Waals surface area contributed by atoms with Gasteiger partial charge in [-0.05, 0) is 42.7 Å². The van der Waals surface area contributed by atoms with Gasteiger partial charge in [0.1, 0.15) is 17.5 Å². The molecule has 1 saturated heterocycles. The molecular formula is C24H20F2N6O. The first-order valence-electron chi connectivity index (χ1n) is 10.5. The summed E-state index contributed by atoms with van der Waals surface area (Å²) in [6, 6.07) is 10.2. The predicted molar refractivity (Wildman–Crippen MR) is 120 cm³/mol. The largest absolute Gasteiger partial charge is 0.505 e. The van der Waals surface area contributed by atoms with Gasteiger partial charge in [-0.3, -0.25) is 4.40 Å². The van der Waals surface area contributed by atoms with Crippen molar-refractivity contribution in [1.29, 1.82) is 5.26 Å². The molecule has 1 aliphatic heterocycles. The molecular weight excluding hydrogens is 426 g/mol. The van der Waals surface area contributed by atoms with Gasteiger partial charge in [0.15, 0.2) is 11.6 Å². The van der Waals surface area contributed by atoms with E-state index < -0.39 is 17.4 Å². The fourth-order valence-electron chi connectivity index (χ4n) is 4.18. The molecule has 3 N–H and O–H groups in total. The lowest BCUT2D eigenvalue weighted by atomic mass is 9.98. The van der Waals surface area contributed by atoms with Gasteiger partial charge in [0.05, 0.1) is 16.8 Å². The van der Waals surface area contributed by atoms with Crippen LogP contribution in [0.25, 0.3) is 28.0 Å². The van der Waals surface area contributed by atoms with E-state index in [9.17, 15) is 13.9 Å². The van der Waals surface area contributed by atoms with Crippen molar-refractivity contribution in [3.8, 4) is 34.2 Å². The van der Waals surface area contributed by atoms with Crippen molar-refractivity contribution in [2.24, 2.45) is 5.73 Å². The number of nitriles is 1. The van der Waals surface area contributed by atoms with Crippen molar-refractivity contribution >= 4 is 11.6 Å². The molecule has 5 rings (SSSR count). The van der Waals surface area contributed by atoms with Crippen LogP contribution in [0.1, 0.15) is 18.4 Å². The Labute approximate surface area is 188 Å². The van der Waals surface area contributed by atoms with Gasteiger partial charge in [-0.2, -0.15) is 5.26 Å². The maximum atomic E-state index is 14.6. The van der Waals surface area contributed by atoms with Crippen molar-refractivity contribution in [3.63, 3.8) is 0 Å². The summed E-state index contributed by atoms with van der Waals surface area (Å²) < 4.78 is 30.2. The number of aromatic nitrogens is 3. The van der Waals surface area contributed by atoms with Crippen LogP contribution in [0.2, 0.25) is 0 Å². The summed E-state index contributed by atoms with van der Waals surface area (Å²) in [6.45, 7) is 1.42. The molecule has 166 valence electrons. The molecule has 7 nitrogen and oxygen atoms in total. The molecule has 2 aromatic carbocycles. The summed E-state index contributed by atoms with van der Waals surface area (Å²) >= 11 is 0. The zero-order chi connectivity index (χ0) is 23.1. The molecule has 0 unspecified atom stereocenters.